The van der Waals surface area contributed by atoms with Gasteiger partial charge in [0.1, 0.15) is 12.1 Å². The van der Waals surface area contributed by atoms with Crippen LogP contribution in [0.2, 0.25) is 0 Å². The number of fused-ring (bicyclic) bond motifs is 1. The highest BCUT2D eigenvalue weighted by molar-refractivity contribution is 5.76. The molecule has 3 heterocycles. The van der Waals surface area contributed by atoms with E-state index in [0.29, 0.717) is 11.4 Å². The van der Waals surface area contributed by atoms with E-state index in [1.807, 2.05) is 34.9 Å². The first-order valence-corrected chi connectivity index (χ1v) is 6.40. The van der Waals surface area contributed by atoms with Gasteiger partial charge in [-0.05, 0) is 12.1 Å². The molecule has 1 aromatic carbocycles. The van der Waals surface area contributed by atoms with E-state index >= 15 is 0 Å². The first-order chi connectivity index (χ1) is 9.90. The van der Waals surface area contributed by atoms with Crippen LogP contribution in [0.15, 0.2) is 43.0 Å². The van der Waals surface area contributed by atoms with Gasteiger partial charge in [-0.25, -0.2) is 9.97 Å². The predicted octanol–water partition coefficient (Wildman–Crippen LogP) is 2.02. The monoisotopic (exact) mass is 268 g/mol. The molecule has 3 aromatic rings. The van der Waals surface area contributed by atoms with Crippen molar-refractivity contribution < 1.29 is 9.47 Å². The molecule has 0 radical (unpaired) electrons. The van der Waals surface area contributed by atoms with Crippen LogP contribution in [0.3, 0.4) is 0 Å². The van der Waals surface area contributed by atoms with Crippen LogP contribution in [0.4, 0.5) is 0 Å². The average molecular weight is 268 g/mol. The number of imidazole rings is 1. The summed E-state index contributed by atoms with van der Waals surface area (Å²) >= 11 is 0. The Balaban J connectivity index is 1.70. The van der Waals surface area contributed by atoms with Crippen molar-refractivity contribution in [2.45, 2.75) is 12.6 Å². The summed E-state index contributed by atoms with van der Waals surface area (Å²) in [4.78, 5) is 12.8. The molecule has 2 aromatic heterocycles. The van der Waals surface area contributed by atoms with E-state index in [0.717, 1.165) is 24.5 Å². The highest BCUT2D eigenvalue weighted by atomic mass is 16.6. The molecule has 0 saturated carbocycles. The van der Waals surface area contributed by atoms with Crippen LogP contribution in [-0.2, 0) is 11.3 Å². The molecule has 0 spiro atoms. The van der Waals surface area contributed by atoms with E-state index in [-0.39, 0.29) is 6.10 Å². The summed E-state index contributed by atoms with van der Waals surface area (Å²) in [5.41, 5.74) is 1.43. The molecular weight excluding hydrogens is 256 g/mol. The van der Waals surface area contributed by atoms with Crippen molar-refractivity contribution in [3.8, 4) is 11.6 Å². The third-order valence-corrected chi connectivity index (χ3v) is 3.13. The summed E-state index contributed by atoms with van der Waals surface area (Å²) in [6.45, 7) is 1.57. The Bertz CT molecular complexity index is 737. The zero-order valence-corrected chi connectivity index (χ0v) is 10.6. The molecule has 100 valence electrons. The number of para-hydroxylation sites is 1. The van der Waals surface area contributed by atoms with Gasteiger partial charge in [0.25, 0.3) is 5.88 Å². The molecule has 1 fully saturated rings. The lowest BCUT2D eigenvalue weighted by Crippen LogP contribution is -2.03. The summed E-state index contributed by atoms with van der Waals surface area (Å²) in [5, 5.41) is 0. The molecule has 1 aliphatic heterocycles. The van der Waals surface area contributed by atoms with Crippen LogP contribution >= 0.6 is 0 Å². The number of hydrogen-bond acceptors (Lipinski definition) is 5. The van der Waals surface area contributed by atoms with E-state index in [1.165, 1.54) is 6.33 Å². The molecule has 0 N–H and O–H groups in total. The van der Waals surface area contributed by atoms with Gasteiger partial charge in [0, 0.05) is 0 Å². The summed E-state index contributed by atoms with van der Waals surface area (Å²) in [6, 6.07) is 9.52. The molecule has 1 aliphatic rings. The van der Waals surface area contributed by atoms with Crippen molar-refractivity contribution in [3.63, 3.8) is 0 Å². The summed E-state index contributed by atoms with van der Waals surface area (Å²) < 4.78 is 13.0. The number of rotatable bonds is 4. The molecule has 4 rings (SSSR count). The maximum Gasteiger partial charge on any atom is 0.250 e. The van der Waals surface area contributed by atoms with Crippen LogP contribution < -0.4 is 4.74 Å². The Morgan fingerprint density at radius 1 is 1.20 bits per heavy atom. The minimum atomic E-state index is 0.279. The number of aromatic nitrogens is 4. The van der Waals surface area contributed by atoms with Crippen LogP contribution in [0.25, 0.3) is 11.2 Å². The van der Waals surface area contributed by atoms with Crippen LogP contribution in [0, 0.1) is 0 Å². The Morgan fingerprint density at radius 3 is 2.85 bits per heavy atom. The second-order valence-corrected chi connectivity index (χ2v) is 4.62. The lowest BCUT2D eigenvalue weighted by atomic mass is 10.3. The molecule has 1 saturated heterocycles. The van der Waals surface area contributed by atoms with E-state index in [2.05, 4.69) is 15.0 Å². The molecule has 0 bridgehead atoms. The normalized spacial score (nSPS) is 17.3. The van der Waals surface area contributed by atoms with Gasteiger partial charge in [0.15, 0.2) is 11.2 Å². The maximum atomic E-state index is 5.77. The third-order valence-electron chi connectivity index (χ3n) is 3.13. The summed E-state index contributed by atoms with van der Waals surface area (Å²) in [7, 11) is 0. The smallest absolute Gasteiger partial charge is 0.250 e. The number of nitrogens with zero attached hydrogens (tertiary/aromatic N) is 4. The number of ether oxygens (including phenoxy) is 2. The van der Waals surface area contributed by atoms with Crippen molar-refractivity contribution >= 4 is 11.2 Å². The SMILES string of the molecule is c1ccc(Oc2ncnc3c2ncn3CC2CO2)cc1. The van der Waals surface area contributed by atoms with E-state index in [4.69, 9.17) is 9.47 Å². The standard InChI is InChI=1S/C14H12N4O2/c1-2-4-10(5-3-1)20-14-12-13(15-8-16-14)18(9-17-12)6-11-7-19-11/h1-5,8-9,11H,6-7H2. The second-order valence-electron chi connectivity index (χ2n) is 4.62. The highest BCUT2D eigenvalue weighted by Gasteiger charge is 2.24. The van der Waals surface area contributed by atoms with Crippen molar-refractivity contribution in [2.75, 3.05) is 6.61 Å². The lowest BCUT2D eigenvalue weighted by Gasteiger charge is -2.05. The van der Waals surface area contributed by atoms with Gasteiger partial charge in [-0.2, -0.15) is 4.98 Å². The second kappa shape index (κ2) is 4.57. The molecule has 20 heavy (non-hydrogen) atoms. The maximum absolute atomic E-state index is 5.77. The fourth-order valence-electron chi connectivity index (χ4n) is 2.06. The van der Waals surface area contributed by atoms with Crippen molar-refractivity contribution in [1.82, 2.24) is 19.5 Å². The Kier molecular flexibility index (Phi) is 2.60. The van der Waals surface area contributed by atoms with Crippen molar-refractivity contribution in [3.05, 3.63) is 43.0 Å². The van der Waals surface area contributed by atoms with Gasteiger partial charge < -0.3 is 14.0 Å². The van der Waals surface area contributed by atoms with Gasteiger partial charge in [-0.15, -0.1) is 0 Å². The van der Waals surface area contributed by atoms with E-state index in [9.17, 15) is 0 Å². The van der Waals surface area contributed by atoms with E-state index in [1.54, 1.807) is 6.33 Å². The molecule has 6 nitrogen and oxygen atoms in total. The Morgan fingerprint density at radius 2 is 2.05 bits per heavy atom. The largest absolute Gasteiger partial charge is 0.437 e. The van der Waals surface area contributed by atoms with Gasteiger partial charge in [0.2, 0.25) is 0 Å². The van der Waals surface area contributed by atoms with Crippen LogP contribution in [0.5, 0.6) is 11.6 Å². The van der Waals surface area contributed by atoms with Crippen molar-refractivity contribution in [1.29, 1.82) is 0 Å². The first-order valence-electron chi connectivity index (χ1n) is 6.40. The van der Waals surface area contributed by atoms with Gasteiger partial charge in [-0.3, -0.25) is 0 Å². The minimum Gasteiger partial charge on any atom is -0.437 e. The van der Waals surface area contributed by atoms with Crippen molar-refractivity contribution in [2.24, 2.45) is 0 Å². The summed E-state index contributed by atoms with van der Waals surface area (Å²) in [5.74, 6) is 1.20. The quantitative estimate of drug-likeness (QED) is 0.677. The van der Waals surface area contributed by atoms with Gasteiger partial charge in [-0.1, -0.05) is 18.2 Å². The Labute approximate surface area is 115 Å². The van der Waals surface area contributed by atoms with E-state index < -0.39 is 0 Å². The molecule has 0 aliphatic carbocycles. The fourth-order valence-corrected chi connectivity index (χ4v) is 2.06. The lowest BCUT2D eigenvalue weighted by molar-refractivity contribution is 0.384. The summed E-state index contributed by atoms with van der Waals surface area (Å²) in [6.07, 6.45) is 3.52. The first kappa shape index (κ1) is 11.4. The predicted molar refractivity (Wildman–Crippen MR) is 71.6 cm³/mol. The molecule has 1 unspecified atom stereocenters. The van der Waals surface area contributed by atoms with Crippen LogP contribution in [0.1, 0.15) is 0 Å². The van der Waals surface area contributed by atoms with Crippen LogP contribution in [-0.4, -0.2) is 32.2 Å². The van der Waals surface area contributed by atoms with Gasteiger partial charge in [0.05, 0.1) is 25.6 Å². The Hall–Kier alpha value is -2.47. The molecule has 6 heteroatoms. The fraction of sp³-hybridized carbons (Fsp3) is 0.214. The molecular formula is C14H12N4O2. The topological polar surface area (TPSA) is 65.4 Å². The third kappa shape index (κ3) is 2.10. The molecule has 0 amide bonds. The highest BCUT2D eigenvalue weighted by Crippen LogP contribution is 2.25. The molecule has 1 atom stereocenters. The average Bonchev–Trinajstić information content (AvgIpc) is 3.20. The minimum absolute atomic E-state index is 0.279. The number of hydrogen-bond donors (Lipinski definition) is 0. The number of epoxide rings is 1. The van der Waals surface area contributed by atoms with Gasteiger partial charge >= 0.3 is 0 Å². The zero-order valence-electron chi connectivity index (χ0n) is 10.6. The zero-order chi connectivity index (χ0) is 13.4. The number of benzene rings is 1.